The van der Waals surface area contributed by atoms with Gasteiger partial charge in [-0.25, -0.2) is 8.42 Å². The molecule has 0 spiro atoms. The molecule has 1 aliphatic heterocycles. The van der Waals surface area contributed by atoms with Crippen LogP contribution in [0, 0.1) is 0 Å². The van der Waals surface area contributed by atoms with Crippen molar-refractivity contribution in [3.8, 4) is 0 Å². The Morgan fingerprint density at radius 3 is 2.58 bits per heavy atom. The van der Waals surface area contributed by atoms with Crippen molar-refractivity contribution in [2.24, 2.45) is 0 Å². The summed E-state index contributed by atoms with van der Waals surface area (Å²) in [5, 5.41) is 6.67. The number of aryl methyl sites for hydroxylation is 1. The molecule has 1 aliphatic carbocycles. The van der Waals surface area contributed by atoms with Crippen molar-refractivity contribution >= 4 is 21.8 Å². The molecule has 0 saturated carbocycles. The van der Waals surface area contributed by atoms with Crippen LogP contribution in [-0.2, 0) is 27.6 Å². The molecule has 0 atom stereocenters. The van der Waals surface area contributed by atoms with Gasteiger partial charge in [-0.2, -0.15) is 4.31 Å². The summed E-state index contributed by atoms with van der Waals surface area (Å²) in [6.45, 7) is 1.45. The Morgan fingerprint density at radius 2 is 1.85 bits per heavy atom. The molecular weight excluding hydrogens is 358 g/mol. The second kappa shape index (κ2) is 6.82. The second-order valence-electron chi connectivity index (χ2n) is 6.29. The number of aromatic nitrogens is 1. The summed E-state index contributed by atoms with van der Waals surface area (Å²) in [6.07, 6.45) is 2.71. The lowest BCUT2D eigenvalue weighted by molar-refractivity contribution is 0.0730. The molecule has 1 amide bonds. The van der Waals surface area contributed by atoms with Crippen LogP contribution in [0.5, 0.6) is 0 Å². The van der Waals surface area contributed by atoms with Gasteiger partial charge in [0, 0.05) is 24.2 Å². The van der Waals surface area contributed by atoms with Gasteiger partial charge in [0.05, 0.1) is 23.8 Å². The number of hydrogen-bond acceptors (Lipinski definition) is 6. The average Bonchev–Trinajstić information content (AvgIpc) is 3.28. The molecule has 0 unspecified atom stereocenters. The summed E-state index contributed by atoms with van der Waals surface area (Å²) in [4.78, 5) is 12.6. The smallest absolute Gasteiger partial charge is 0.258 e. The van der Waals surface area contributed by atoms with Crippen LogP contribution >= 0.6 is 0 Å². The number of anilines is 1. The monoisotopic (exact) mass is 377 g/mol. The van der Waals surface area contributed by atoms with E-state index in [0.717, 1.165) is 30.5 Å². The Morgan fingerprint density at radius 1 is 1.12 bits per heavy atom. The van der Waals surface area contributed by atoms with Crippen molar-refractivity contribution in [1.29, 1.82) is 0 Å². The Hall–Kier alpha value is -2.23. The minimum absolute atomic E-state index is 0.163. The summed E-state index contributed by atoms with van der Waals surface area (Å²) < 4.78 is 37.0. The molecule has 2 aromatic rings. The number of sulfonamides is 1. The number of rotatable bonds is 4. The van der Waals surface area contributed by atoms with Gasteiger partial charge in [-0.05, 0) is 43.5 Å². The van der Waals surface area contributed by atoms with Crippen molar-refractivity contribution in [2.75, 3.05) is 31.6 Å². The summed E-state index contributed by atoms with van der Waals surface area (Å²) >= 11 is 0. The fraction of sp³-hybridized carbons (Fsp3) is 0.412. The molecule has 2 aliphatic rings. The topological polar surface area (TPSA) is 102 Å². The van der Waals surface area contributed by atoms with Gasteiger partial charge in [-0.3, -0.25) is 10.1 Å². The molecule has 1 saturated heterocycles. The number of amides is 1. The number of nitrogens with one attached hydrogen (secondary N) is 1. The van der Waals surface area contributed by atoms with Gasteiger partial charge in [0.15, 0.2) is 0 Å². The first-order valence-electron chi connectivity index (χ1n) is 8.52. The zero-order chi connectivity index (χ0) is 18.1. The molecule has 26 heavy (non-hydrogen) atoms. The zero-order valence-corrected chi connectivity index (χ0v) is 14.9. The summed E-state index contributed by atoms with van der Waals surface area (Å²) in [6, 6.07) is 5.90. The maximum Gasteiger partial charge on any atom is 0.258 e. The van der Waals surface area contributed by atoms with Crippen LogP contribution in [-0.4, -0.2) is 50.1 Å². The molecule has 1 fully saturated rings. The molecule has 1 aromatic heterocycles. The molecule has 1 N–H and O–H groups in total. The van der Waals surface area contributed by atoms with Gasteiger partial charge < -0.3 is 9.26 Å². The Bertz CT molecular complexity index is 914. The van der Waals surface area contributed by atoms with Gasteiger partial charge in [0.2, 0.25) is 15.9 Å². The van der Waals surface area contributed by atoms with E-state index >= 15 is 0 Å². The number of nitrogens with zero attached hydrogens (tertiary/aromatic N) is 2. The first-order valence-corrected chi connectivity index (χ1v) is 9.96. The fourth-order valence-corrected chi connectivity index (χ4v) is 4.62. The van der Waals surface area contributed by atoms with Gasteiger partial charge in [0.25, 0.3) is 5.91 Å². The first-order chi connectivity index (χ1) is 12.6. The van der Waals surface area contributed by atoms with E-state index in [0.29, 0.717) is 37.8 Å². The summed E-state index contributed by atoms with van der Waals surface area (Å²) in [7, 11) is -3.57. The van der Waals surface area contributed by atoms with E-state index in [1.807, 2.05) is 0 Å². The highest BCUT2D eigenvalue weighted by Crippen LogP contribution is 2.28. The zero-order valence-electron chi connectivity index (χ0n) is 14.1. The maximum absolute atomic E-state index is 12.6. The molecule has 0 bridgehead atoms. The van der Waals surface area contributed by atoms with Crippen molar-refractivity contribution < 1.29 is 22.5 Å². The standard InChI is InChI=1S/C17H19N3O5S/c21-16(18-17-14-2-1-3-15(14)19-25-17)12-4-6-13(7-5-12)26(22,23)20-8-10-24-11-9-20/h4-7H,1-3,8-11H2,(H,18,21). The van der Waals surface area contributed by atoms with Gasteiger partial charge in [-0.1, -0.05) is 5.16 Å². The second-order valence-corrected chi connectivity index (χ2v) is 8.22. The number of carbonyl (C=O) groups excluding carboxylic acids is 1. The SMILES string of the molecule is O=C(Nc1onc2c1CCC2)c1ccc(S(=O)(=O)N2CCOCC2)cc1. The third-order valence-electron chi connectivity index (χ3n) is 4.66. The average molecular weight is 377 g/mol. The normalized spacial score (nSPS) is 17.8. The van der Waals surface area contributed by atoms with Gasteiger partial charge >= 0.3 is 0 Å². The number of hydrogen-bond donors (Lipinski definition) is 1. The molecular formula is C17H19N3O5S. The number of morpholine rings is 1. The van der Waals surface area contributed by atoms with E-state index < -0.39 is 10.0 Å². The first kappa shape index (κ1) is 17.2. The minimum atomic E-state index is -3.57. The quantitative estimate of drug-likeness (QED) is 0.865. The van der Waals surface area contributed by atoms with E-state index in [9.17, 15) is 13.2 Å². The van der Waals surface area contributed by atoms with Crippen molar-refractivity contribution in [1.82, 2.24) is 9.46 Å². The highest BCUT2D eigenvalue weighted by atomic mass is 32.2. The molecule has 138 valence electrons. The molecule has 4 rings (SSSR count). The molecule has 1 aromatic carbocycles. The highest BCUT2D eigenvalue weighted by Gasteiger charge is 2.27. The van der Waals surface area contributed by atoms with Crippen LogP contribution in [0.2, 0.25) is 0 Å². The molecule has 8 nitrogen and oxygen atoms in total. The van der Waals surface area contributed by atoms with E-state index in [-0.39, 0.29) is 10.8 Å². The number of fused-ring (bicyclic) bond motifs is 1. The van der Waals surface area contributed by atoms with Crippen LogP contribution < -0.4 is 5.32 Å². The largest absolute Gasteiger partial charge is 0.379 e. The molecule has 0 radical (unpaired) electrons. The van der Waals surface area contributed by atoms with Crippen LogP contribution in [0.3, 0.4) is 0 Å². The number of benzene rings is 1. The Balaban J connectivity index is 1.49. The molecule has 2 heterocycles. The number of carbonyl (C=O) groups is 1. The van der Waals surface area contributed by atoms with E-state index in [4.69, 9.17) is 9.26 Å². The van der Waals surface area contributed by atoms with Crippen LogP contribution in [0.4, 0.5) is 5.88 Å². The van der Waals surface area contributed by atoms with Crippen molar-refractivity contribution in [3.63, 3.8) is 0 Å². The predicted molar refractivity (Wildman–Crippen MR) is 92.5 cm³/mol. The lowest BCUT2D eigenvalue weighted by Crippen LogP contribution is -2.40. The lowest BCUT2D eigenvalue weighted by Gasteiger charge is -2.26. The Kier molecular flexibility index (Phi) is 4.51. The van der Waals surface area contributed by atoms with Crippen LogP contribution in [0.1, 0.15) is 28.0 Å². The van der Waals surface area contributed by atoms with Crippen LogP contribution in [0.15, 0.2) is 33.7 Å². The predicted octanol–water partition coefficient (Wildman–Crippen LogP) is 1.44. The number of ether oxygens (including phenoxy) is 1. The third kappa shape index (κ3) is 3.13. The maximum atomic E-state index is 12.6. The van der Waals surface area contributed by atoms with Crippen molar-refractivity contribution in [3.05, 3.63) is 41.1 Å². The highest BCUT2D eigenvalue weighted by molar-refractivity contribution is 7.89. The van der Waals surface area contributed by atoms with E-state index in [1.165, 1.54) is 28.6 Å². The molecule has 9 heteroatoms. The van der Waals surface area contributed by atoms with Crippen LogP contribution in [0.25, 0.3) is 0 Å². The van der Waals surface area contributed by atoms with Gasteiger partial charge in [-0.15, -0.1) is 0 Å². The summed E-state index contributed by atoms with van der Waals surface area (Å²) in [5.41, 5.74) is 2.20. The summed E-state index contributed by atoms with van der Waals surface area (Å²) in [5.74, 6) is 0.0266. The third-order valence-corrected chi connectivity index (χ3v) is 6.57. The van der Waals surface area contributed by atoms with Gasteiger partial charge in [0.1, 0.15) is 0 Å². The fourth-order valence-electron chi connectivity index (χ4n) is 3.22. The van der Waals surface area contributed by atoms with Crippen molar-refractivity contribution in [2.45, 2.75) is 24.2 Å². The van der Waals surface area contributed by atoms with E-state index in [2.05, 4.69) is 10.5 Å². The Labute approximate surface area is 151 Å². The minimum Gasteiger partial charge on any atom is -0.379 e. The lowest BCUT2D eigenvalue weighted by atomic mass is 10.2. The van der Waals surface area contributed by atoms with E-state index in [1.54, 1.807) is 0 Å².